The Kier molecular flexibility index (Phi) is 5.05. The van der Waals surface area contributed by atoms with Crippen LogP contribution in [0.1, 0.15) is 15.9 Å². The highest BCUT2D eigenvalue weighted by Gasteiger charge is 2.36. The summed E-state index contributed by atoms with van der Waals surface area (Å²) in [7, 11) is 0. The van der Waals surface area contributed by atoms with Gasteiger partial charge in [0, 0.05) is 21.9 Å². The number of hydrogen-bond acceptors (Lipinski definition) is 4. The number of nitro benzene ring substituents is 1. The van der Waals surface area contributed by atoms with E-state index in [-0.39, 0.29) is 5.56 Å². The second-order valence-electron chi connectivity index (χ2n) is 4.49. The molecule has 2 rings (SSSR count). The summed E-state index contributed by atoms with van der Waals surface area (Å²) in [5.41, 5.74) is -2.02. The van der Waals surface area contributed by atoms with Gasteiger partial charge in [-0.25, -0.2) is 4.79 Å². The Morgan fingerprint density at radius 3 is 2.25 bits per heavy atom. The van der Waals surface area contributed by atoms with Gasteiger partial charge in [0.15, 0.2) is 0 Å². The quantitative estimate of drug-likeness (QED) is 0.591. The van der Waals surface area contributed by atoms with Crippen LogP contribution in [-0.4, -0.2) is 16.0 Å². The van der Waals surface area contributed by atoms with Gasteiger partial charge in [0.1, 0.15) is 0 Å². The number of hydrogen-bond donors (Lipinski definition) is 1. The first-order valence-corrected chi connectivity index (χ1v) is 7.35. The van der Waals surface area contributed by atoms with Gasteiger partial charge in [-0.05, 0) is 24.3 Å². The van der Waals surface area contributed by atoms with Crippen LogP contribution in [0, 0.1) is 10.1 Å². The van der Waals surface area contributed by atoms with Crippen LogP contribution in [0.4, 0.5) is 18.9 Å². The van der Waals surface area contributed by atoms with Gasteiger partial charge in [-0.3, -0.25) is 10.1 Å². The number of nitrogens with zero attached hydrogens (tertiary/aromatic N) is 1. The molecule has 126 valence electrons. The third-order valence-electron chi connectivity index (χ3n) is 2.87. The second-order valence-corrected chi connectivity index (χ2v) is 5.98. The van der Waals surface area contributed by atoms with Gasteiger partial charge >= 0.3 is 12.1 Å². The minimum atomic E-state index is -4.83. The lowest BCUT2D eigenvalue weighted by Crippen LogP contribution is -2.08. The zero-order valence-electron chi connectivity index (χ0n) is 11.5. The van der Waals surface area contributed by atoms with E-state index in [1.165, 1.54) is 24.3 Å². The highest BCUT2D eigenvalue weighted by atomic mass is 35.5. The fourth-order valence-corrected chi connectivity index (χ4v) is 3.06. The van der Waals surface area contributed by atoms with Gasteiger partial charge in [-0.15, -0.1) is 0 Å². The third-order valence-corrected chi connectivity index (χ3v) is 4.43. The summed E-state index contributed by atoms with van der Waals surface area (Å²) < 4.78 is 39.5. The number of nitro groups is 1. The summed E-state index contributed by atoms with van der Waals surface area (Å²) in [4.78, 5) is 20.4. The van der Waals surface area contributed by atoms with E-state index in [9.17, 15) is 28.1 Å². The Balaban J connectivity index is 2.49. The topological polar surface area (TPSA) is 80.4 Å². The van der Waals surface area contributed by atoms with E-state index in [4.69, 9.17) is 16.7 Å². The Morgan fingerprint density at radius 1 is 1.21 bits per heavy atom. The van der Waals surface area contributed by atoms with Gasteiger partial charge in [0.2, 0.25) is 0 Å². The number of halogens is 4. The van der Waals surface area contributed by atoms with Gasteiger partial charge in [-0.1, -0.05) is 23.4 Å². The second kappa shape index (κ2) is 6.70. The summed E-state index contributed by atoms with van der Waals surface area (Å²) in [5, 5.41) is 19.1. The molecule has 5 nitrogen and oxygen atoms in total. The average molecular weight is 378 g/mol. The molecule has 0 atom stereocenters. The van der Waals surface area contributed by atoms with E-state index in [0.29, 0.717) is 22.7 Å². The van der Waals surface area contributed by atoms with Crippen molar-refractivity contribution in [1.29, 1.82) is 0 Å². The van der Waals surface area contributed by atoms with Crippen molar-refractivity contribution in [3.8, 4) is 0 Å². The molecule has 24 heavy (non-hydrogen) atoms. The molecule has 1 N–H and O–H groups in total. The summed E-state index contributed by atoms with van der Waals surface area (Å²) in [6, 6.07) is 6.37. The molecule has 0 aliphatic heterocycles. The number of aromatic carboxylic acids is 1. The lowest BCUT2D eigenvalue weighted by atomic mass is 10.2. The van der Waals surface area contributed by atoms with Crippen LogP contribution in [0.15, 0.2) is 46.2 Å². The molecule has 0 bridgehead atoms. The first kappa shape index (κ1) is 18.1. The SMILES string of the molecule is O=C(O)c1ccc(Sc2c(Cl)cc([N+](=O)[O-])cc2C(F)(F)F)cc1. The minimum Gasteiger partial charge on any atom is -0.478 e. The number of carbonyl (C=O) groups is 1. The van der Waals surface area contributed by atoms with Crippen molar-refractivity contribution in [2.45, 2.75) is 16.0 Å². The van der Waals surface area contributed by atoms with Crippen molar-refractivity contribution in [3.05, 3.63) is 62.7 Å². The van der Waals surface area contributed by atoms with Crippen LogP contribution in [-0.2, 0) is 6.18 Å². The summed E-state index contributed by atoms with van der Waals surface area (Å²) in [5.74, 6) is -1.17. The number of alkyl halides is 3. The number of carboxylic acids is 1. The van der Waals surface area contributed by atoms with Crippen LogP contribution in [0.5, 0.6) is 0 Å². The molecular weight excluding hydrogens is 371 g/mol. The number of non-ortho nitro benzene ring substituents is 1. The molecule has 0 radical (unpaired) electrons. The standard InChI is InChI=1S/C14H7ClF3NO4S/c15-11-6-8(19(22)23)5-10(14(16,17)18)12(11)24-9-3-1-7(2-4-9)13(20)21/h1-6H,(H,20,21). The normalized spacial score (nSPS) is 11.3. The van der Waals surface area contributed by atoms with Gasteiger partial charge in [0.05, 0.1) is 21.1 Å². The first-order valence-electron chi connectivity index (χ1n) is 6.16. The van der Waals surface area contributed by atoms with Crippen molar-refractivity contribution >= 4 is 35.0 Å². The molecule has 10 heteroatoms. The molecular formula is C14H7ClF3NO4S. The lowest BCUT2D eigenvalue weighted by Gasteiger charge is -2.14. The maximum absolute atomic E-state index is 13.2. The van der Waals surface area contributed by atoms with E-state index in [1.807, 2.05) is 0 Å². The van der Waals surface area contributed by atoms with Gasteiger partial charge in [0.25, 0.3) is 5.69 Å². The molecule has 0 aromatic heterocycles. The van der Waals surface area contributed by atoms with Crippen molar-refractivity contribution < 1.29 is 28.0 Å². The molecule has 2 aromatic carbocycles. The zero-order chi connectivity index (χ0) is 18.1. The smallest absolute Gasteiger partial charge is 0.417 e. The predicted octanol–water partition coefficient (Wildman–Crippen LogP) is 5.12. The Morgan fingerprint density at radius 2 is 1.79 bits per heavy atom. The van der Waals surface area contributed by atoms with E-state index < -0.39 is 38.2 Å². The molecule has 0 fully saturated rings. The summed E-state index contributed by atoms with van der Waals surface area (Å²) in [6.45, 7) is 0. The van der Waals surface area contributed by atoms with Crippen LogP contribution >= 0.6 is 23.4 Å². The van der Waals surface area contributed by atoms with Crippen LogP contribution in [0.2, 0.25) is 5.02 Å². The van der Waals surface area contributed by atoms with Gasteiger partial charge in [-0.2, -0.15) is 13.2 Å². The van der Waals surface area contributed by atoms with E-state index in [2.05, 4.69) is 0 Å². The fraction of sp³-hybridized carbons (Fsp3) is 0.0714. The largest absolute Gasteiger partial charge is 0.478 e. The Labute approximate surface area is 142 Å². The summed E-state index contributed by atoms with van der Waals surface area (Å²) >= 11 is 6.44. The highest BCUT2D eigenvalue weighted by Crippen LogP contribution is 2.45. The molecule has 0 amide bonds. The molecule has 2 aromatic rings. The number of rotatable bonds is 4. The van der Waals surface area contributed by atoms with Crippen LogP contribution < -0.4 is 0 Å². The van der Waals surface area contributed by atoms with E-state index in [1.54, 1.807) is 0 Å². The average Bonchev–Trinajstić information content (AvgIpc) is 2.48. The maximum Gasteiger partial charge on any atom is 0.417 e. The molecule has 0 aliphatic carbocycles. The monoisotopic (exact) mass is 377 g/mol. The molecule has 0 aliphatic rings. The minimum absolute atomic E-state index is 0.0230. The van der Waals surface area contributed by atoms with Crippen molar-refractivity contribution in [3.63, 3.8) is 0 Å². The van der Waals surface area contributed by atoms with Crippen LogP contribution in [0.3, 0.4) is 0 Å². The van der Waals surface area contributed by atoms with Crippen LogP contribution in [0.25, 0.3) is 0 Å². The first-order chi connectivity index (χ1) is 11.1. The van der Waals surface area contributed by atoms with Crippen molar-refractivity contribution in [2.24, 2.45) is 0 Å². The fourth-order valence-electron chi connectivity index (χ4n) is 1.78. The number of benzene rings is 2. The molecule has 0 heterocycles. The number of carboxylic acid groups (broad SMARTS) is 1. The third kappa shape index (κ3) is 3.98. The molecule has 0 spiro atoms. The Hall–Kier alpha value is -2.26. The lowest BCUT2D eigenvalue weighted by molar-refractivity contribution is -0.385. The summed E-state index contributed by atoms with van der Waals surface area (Å²) in [6.07, 6.45) is -4.83. The highest BCUT2D eigenvalue weighted by molar-refractivity contribution is 7.99. The predicted molar refractivity (Wildman–Crippen MR) is 80.6 cm³/mol. The molecule has 0 unspecified atom stereocenters. The van der Waals surface area contributed by atoms with E-state index in [0.717, 1.165) is 6.07 Å². The van der Waals surface area contributed by atoms with E-state index >= 15 is 0 Å². The van der Waals surface area contributed by atoms with Crippen molar-refractivity contribution in [2.75, 3.05) is 0 Å². The van der Waals surface area contributed by atoms with Crippen molar-refractivity contribution in [1.82, 2.24) is 0 Å². The zero-order valence-corrected chi connectivity index (χ0v) is 13.1. The van der Waals surface area contributed by atoms with Gasteiger partial charge < -0.3 is 5.11 Å². The maximum atomic E-state index is 13.2. The molecule has 0 saturated heterocycles. The Bertz CT molecular complexity index is 809. The molecule has 0 saturated carbocycles.